The van der Waals surface area contributed by atoms with E-state index in [0.717, 1.165) is 17.9 Å². The highest BCUT2D eigenvalue weighted by Gasteiger charge is 2.27. The lowest BCUT2D eigenvalue weighted by molar-refractivity contribution is -0.387. The summed E-state index contributed by atoms with van der Waals surface area (Å²) in [6, 6.07) is 3.29. The maximum Gasteiger partial charge on any atom is 0.291 e. The summed E-state index contributed by atoms with van der Waals surface area (Å²) in [4.78, 5) is 9.91. The van der Waals surface area contributed by atoms with Crippen LogP contribution in [0.4, 0.5) is 11.4 Å². The molecule has 1 aromatic carbocycles. The molecule has 118 valence electrons. The number of sulfonamides is 1. The molecular weight excluding hydrogens is 316 g/mol. The summed E-state index contributed by atoms with van der Waals surface area (Å²) < 4.78 is 26.9. The van der Waals surface area contributed by atoms with Crippen molar-refractivity contribution in [2.45, 2.75) is 24.8 Å². The minimum Gasteiger partial charge on any atom is -0.324 e. The SMILES string of the molecule is CCSCC(C)NS(=O)(=O)c1ccc(NN)cc1[N+](=O)[O-]. The van der Waals surface area contributed by atoms with Gasteiger partial charge in [0.15, 0.2) is 4.90 Å². The Balaban J connectivity index is 3.10. The smallest absolute Gasteiger partial charge is 0.291 e. The van der Waals surface area contributed by atoms with E-state index in [-0.39, 0.29) is 16.6 Å². The quantitative estimate of drug-likeness (QED) is 0.371. The molecule has 0 aliphatic rings. The van der Waals surface area contributed by atoms with Gasteiger partial charge in [0.05, 0.1) is 10.6 Å². The molecule has 1 aromatic rings. The van der Waals surface area contributed by atoms with Crippen molar-refractivity contribution in [3.05, 3.63) is 28.3 Å². The van der Waals surface area contributed by atoms with Crippen LogP contribution in [0.2, 0.25) is 0 Å². The van der Waals surface area contributed by atoms with Crippen LogP contribution in [0.1, 0.15) is 13.8 Å². The first-order valence-corrected chi connectivity index (χ1v) is 8.80. The van der Waals surface area contributed by atoms with Gasteiger partial charge >= 0.3 is 0 Å². The maximum atomic E-state index is 12.3. The van der Waals surface area contributed by atoms with E-state index in [1.54, 1.807) is 18.7 Å². The van der Waals surface area contributed by atoms with Gasteiger partial charge in [-0.15, -0.1) is 0 Å². The van der Waals surface area contributed by atoms with Crippen molar-refractivity contribution >= 4 is 33.2 Å². The number of hydrogen-bond donors (Lipinski definition) is 3. The van der Waals surface area contributed by atoms with Crippen molar-refractivity contribution < 1.29 is 13.3 Å². The Labute approximate surface area is 127 Å². The van der Waals surface area contributed by atoms with E-state index in [1.165, 1.54) is 6.07 Å². The standard InChI is InChI=1S/C11H18N4O4S2/c1-3-20-7-8(2)14-21(18,19)11-5-4-9(13-12)6-10(11)15(16)17/h4-6,8,13-14H,3,7,12H2,1-2H3. The van der Waals surface area contributed by atoms with E-state index in [4.69, 9.17) is 5.84 Å². The van der Waals surface area contributed by atoms with E-state index >= 15 is 0 Å². The van der Waals surface area contributed by atoms with Crippen LogP contribution in [0, 0.1) is 10.1 Å². The van der Waals surface area contributed by atoms with Gasteiger partial charge in [0.2, 0.25) is 10.0 Å². The second-order valence-corrected chi connectivity index (χ2v) is 7.27. The molecule has 1 atom stereocenters. The van der Waals surface area contributed by atoms with Gasteiger partial charge in [0.1, 0.15) is 0 Å². The van der Waals surface area contributed by atoms with Crippen LogP contribution in [0.5, 0.6) is 0 Å². The molecule has 10 heteroatoms. The van der Waals surface area contributed by atoms with Gasteiger partial charge in [-0.1, -0.05) is 6.92 Å². The van der Waals surface area contributed by atoms with Crippen molar-refractivity contribution in [1.82, 2.24) is 4.72 Å². The first-order chi connectivity index (χ1) is 9.81. The van der Waals surface area contributed by atoms with Crippen molar-refractivity contribution in [1.29, 1.82) is 0 Å². The van der Waals surface area contributed by atoms with Gasteiger partial charge in [-0.25, -0.2) is 13.1 Å². The Bertz CT molecular complexity index is 606. The van der Waals surface area contributed by atoms with Crippen molar-refractivity contribution in [3.8, 4) is 0 Å². The first kappa shape index (κ1) is 17.7. The zero-order valence-corrected chi connectivity index (χ0v) is 13.3. The van der Waals surface area contributed by atoms with Gasteiger partial charge in [0, 0.05) is 17.9 Å². The normalized spacial score (nSPS) is 12.9. The number of nitro benzene ring substituents is 1. The number of nitrogens with zero attached hydrogens (tertiary/aromatic N) is 1. The molecule has 8 nitrogen and oxygen atoms in total. The second-order valence-electron chi connectivity index (χ2n) is 4.27. The van der Waals surface area contributed by atoms with E-state index in [2.05, 4.69) is 10.1 Å². The highest BCUT2D eigenvalue weighted by molar-refractivity contribution is 7.99. The fraction of sp³-hybridized carbons (Fsp3) is 0.455. The third kappa shape index (κ3) is 4.84. The van der Waals surface area contributed by atoms with Gasteiger partial charge in [-0.05, 0) is 24.8 Å². The van der Waals surface area contributed by atoms with E-state index in [9.17, 15) is 18.5 Å². The second kappa shape index (κ2) is 7.59. The molecule has 4 N–H and O–H groups in total. The molecule has 0 heterocycles. The third-order valence-corrected chi connectivity index (χ3v) is 5.32. The fourth-order valence-corrected chi connectivity index (χ4v) is 3.81. The predicted octanol–water partition coefficient (Wildman–Crippen LogP) is 1.30. The number of rotatable bonds is 8. The molecule has 0 amide bonds. The molecule has 0 aliphatic carbocycles. The topological polar surface area (TPSA) is 127 Å². The van der Waals surface area contributed by atoms with Crippen LogP contribution >= 0.6 is 11.8 Å². The first-order valence-electron chi connectivity index (χ1n) is 6.17. The number of hydrogen-bond acceptors (Lipinski definition) is 7. The summed E-state index contributed by atoms with van der Waals surface area (Å²) in [5.74, 6) is 6.63. The van der Waals surface area contributed by atoms with Crippen LogP contribution in [0.15, 0.2) is 23.1 Å². The summed E-state index contributed by atoms with van der Waals surface area (Å²) in [6.07, 6.45) is 0. The fourth-order valence-electron chi connectivity index (χ4n) is 1.63. The van der Waals surface area contributed by atoms with Crippen LogP contribution in [-0.2, 0) is 10.0 Å². The van der Waals surface area contributed by atoms with Crippen molar-refractivity contribution in [2.24, 2.45) is 5.84 Å². The molecule has 0 aliphatic heterocycles. The Kier molecular flexibility index (Phi) is 6.40. The van der Waals surface area contributed by atoms with Crippen LogP contribution in [0.3, 0.4) is 0 Å². The zero-order valence-electron chi connectivity index (χ0n) is 11.7. The highest BCUT2D eigenvalue weighted by Crippen LogP contribution is 2.27. The average molecular weight is 334 g/mol. The lowest BCUT2D eigenvalue weighted by Gasteiger charge is -2.14. The Morgan fingerprint density at radius 3 is 2.67 bits per heavy atom. The number of anilines is 1. The number of thioether (sulfide) groups is 1. The van der Waals surface area contributed by atoms with Crippen molar-refractivity contribution in [2.75, 3.05) is 16.9 Å². The summed E-state index contributed by atoms with van der Waals surface area (Å²) in [5, 5.41) is 11.0. The molecule has 0 bridgehead atoms. The molecule has 0 saturated heterocycles. The monoisotopic (exact) mass is 334 g/mol. The molecule has 1 unspecified atom stereocenters. The minimum atomic E-state index is -3.96. The van der Waals surface area contributed by atoms with E-state index in [0.29, 0.717) is 5.75 Å². The lowest BCUT2D eigenvalue weighted by atomic mass is 10.3. The predicted molar refractivity (Wildman–Crippen MR) is 83.7 cm³/mol. The number of nitrogens with two attached hydrogens (primary N) is 1. The molecule has 0 radical (unpaired) electrons. The Morgan fingerprint density at radius 1 is 1.48 bits per heavy atom. The molecule has 21 heavy (non-hydrogen) atoms. The number of nitrogen functional groups attached to an aromatic ring is 1. The molecule has 0 spiro atoms. The molecule has 1 rings (SSSR count). The Morgan fingerprint density at radius 2 is 2.14 bits per heavy atom. The van der Waals surface area contributed by atoms with Gasteiger partial charge in [-0.3, -0.25) is 16.0 Å². The molecular formula is C11H18N4O4S2. The number of benzene rings is 1. The zero-order chi connectivity index (χ0) is 16.0. The van der Waals surface area contributed by atoms with Gasteiger partial charge < -0.3 is 5.43 Å². The van der Waals surface area contributed by atoms with Crippen molar-refractivity contribution in [3.63, 3.8) is 0 Å². The number of hydrazine groups is 1. The maximum absolute atomic E-state index is 12.3. The van der Waals surface area contributed by atoms with E-state index < -0.39 is 20.6 Å². The minimum absolute atomic E-state index is 0.259. The van der Waals surface area contributed by atoms with Crippen LogP contribution in [0.25, 0.3) is 0 Å². The number of nitro groups is 1. The lowest BCUT2D eigenvalue weighted by Crippen LogP contribution is -2.34. The largest absolute Gasteiger partial charge is 0.324 e. The van der Waals surface area contributed by atoms with Gasteiger partial charge in [-0.2, -0.15) is 11.8 Å². The molecule has 0 saturated carbocycles. The number of nitrogens with one attached hydrogen (secondary N) is 2. The van der Waals surface area contributed by atoms with E-state index in [1.807, 2.05) is 6.92 Å². The summed E-state index contributed by atoms with van der Waals surface area (Å²) in [7, 11) is -3.96. The summed E-state index contributed by atoms with van der Waals surface area (Å²) >= 11 is 1.58. The molecule has 0 fully saturated rings. The van der Waals surface area contributed by atoms with Gasteiger partial charge in [0.25, 0.3) is 5.69 Å². The third-order valence-electron chi connectivity index (χ3n) is 2.54. The summed E-state index contributed by atoms with van der Waals surface area (Å²) in [6.45, 7) is 3.68. The Hall–Kier alpha value is -1.36. The van der Waals surface area contributed by atoms with Crippen LogP contribution in [-0.4, -0.2) is 30.9 Å². The molecule has 0 aromatic heterocycles. The average Bonchev–Trinajstić information content (AvgIpc) is 2.43. The summed E-state index contributed by atoms with van der Waals surface area (Å²) in [5.41, 5.74) is 1.99. The van der Waals surface area contributed by atoms with Crippen LogP contribution < -0.4 is 16.0 Å². The highest BCUT2D eigenvalue weighted by atomic mass is 32.2.